The Hall–Kier alpha value is -2.40. The Balaban J connectivity index is 1.70. The number of carbonyl (C=O) groups excluding carboxylic acids is 1. The van der Waals surface area contributed by atoms with E-state index in [1.807, 2.05) is 54.6 Å². The van der Waals surface area contributed by atoms with Crippen LogP contribution in [0.3, 0.4) is 0 Å². The predicted molar refractivity (Wildman–Crippen MR) is 90.6 cm³/mol. The molecule has 23 heavy (non-hydrogen) atoms. The van der Waals surface area contributed by atoms with E-state index in [0.29, 0.717) is 12.4 Å². The van der Waals surface area contributed by atoms with Gasteiger partial charge in [0.25, 0.3) is 0 Å². The normalized spacial score (nSPS) is 9.91. The zero-order valence-corrected chi connectivity index (χ0v) is 13.5. The van der Waals surface area contributed by atoms with E-state index >= 15 is 0 Å². The lowest BCUT2D eigenvalue weighted by molar-refractivity contribution is -0.143. The van der Waals surface area contributed by atoms with Crippen LogP contribution >= 0.6 is 12.0 Å². The number of para-hydroxylation sites is 1. The van der Waals surface area contributed by atoms with Crippen molar-refractivity contribution in [2.75, 3.05) is 13.2 Å². The molecular weight excluding hydrogens is 312 g/mol. The second-order valence-corrected chi connectivity index (χ2v) is 5.32. The first-order chi connectivity index (χ1) is 11.3. The summed E-state index contributed by atoms with van der Waals surface area (Å²) >= 11 is 1.29. The summed E-state index contributed by atoms with van der Waals surface area (Å²) in [5, 5.41) is 0. The third kappa shape index (κ3) is 6.48. The largest absolute Gasteiger partial charge is 0.490 e. The second-order valence-electron chi connectivity index (χ2n) is 4.51. The zero-order valence-electron chi connectivity index (χ0n) is 12.6. The molecule has 0 saturated carbocycles. The lowest BCUT2D eigenvalue weighted by atomic mass is 10.3. The minimum atomic E-state index is -0.298. The van der Waals surface area contributed by atoms with Gasteiger partial charge in [-0.3, -0.25) is 4.79 Å². The van der Waals surface area contributed by atoms with E-state index in [1.54, 1.807) is 0 Å². The third-order valence-corrected chi connectivity index (χ3v) is 3.47. The van der Waals surface area contributed by atoms with Crippen molar-refractivity contribution in [3.8, 4) is 11.5 Å². The number of benzene rings is 2. The van der Waals surface area contributed by atoms with Gasteiger partial charge in [0.1, 0.15) is 24.7 Å². The van der Waals surface area contributed by atoms with Crippen LogP contribution in [0.1, 0.15) is 6.42 Å². The standard InChI is InChI=1S/C18H18O4S/c1-2-6-18(19)21-14-13-20-15-9-11-17(12-10-15)23-22-16-7-4-3-5-8-16/h2-5,7-12H,1,6,13-14H2. The summed E-state index contributed by atoms with van der Waals surface area (Å²) in [7, 11) is 0. The van der Waals surface area contributed by atoms with E-state index in [0.717, 1.165) is 10.6 Å². The molecule has 0 bridgehead atoms. The van der Waals surface area contributed by atoms with Crippen molar-refractivity contribution in [3.05, 3.63) is 67.3 Å². The van der Waals surface area contributed by atoms with E-state index in [9.17, 15) is 4.79 Å². The van der Waals surface area contributed by atoms with Crippen molar-refractivity contribution >= 4 is 18.0 Å². The van der Waals surface area contributed by atoms with Crippen LogP contribution in [0, 0.1) is 0 Å². The quantitative estimate of drug-likeness (QED) is 0.297. The Morgan fingerprint density at radius 2 is 1.74 bits per heavy atom. The molecule has 0 aliphatic carbocycles. The van der Waals surface area contributed by atoms with Gasteiger partial charge in [-0.15, -0.1) is 6.58 Å². The molecular formula is C18H18O4S. The summed E-state index contributed by atoms with van der Waals surface area (Å²) in [6.07, 6.45) is 1.73. The highest BCUT2D eigenvalue weighted by molar-refractivity contribution is 7.95. The molecule has 0 N–H and O–H groups in total. The number of hydrogen-bond acceptors (Lipinski definition) is 5. The third-order valence-electron chi connectivity index (χ3n) is 2.73. The van der Waals surface area contributed by atoms with Crippen LogP contribution in [0.5, 0.6) is 11.5 Å². The van der Waals surface area contributed by atoms with Crippen molar-refractivity contribution in [1.82, 2.24) is 0 Å². The molecule has 5 heteroatoms. The number of esters is 1. The smallest absolute Gasteiger partial charge is 0.309 e. The SMILES string of the molecule is C=CCC(=O)OCCOc1ccc(SOc2ccccc2)cc1. The van der Waals surface area contributed by atoms with E-state index in [4.69, 9.17) is 13.7 Å². The molecule has 0 aliphatic heterocycles. The van der Waals surface area contributed by atoms with Crippen molar-refractivity contribution < 1.29 is 18.5 Å². The fraction of sp³-hybridized carbons (Fsp3) is 0.167. The topological polar surface area (TPSA) is 44.8 Å². The van der Waals surface area contributed by atoms with E-state index in [2.05, 4.69) is 6.58 Å². The summed E-state index contributed by atoms with van der Waals surface area (Å²) in [5.41, 5.74) is 0. The Bertz CT molecular complexity index is 611. The minimum absolute atomic E-state index is 0.216. The van der Waals surface area contributed by atoms with Crippen LogP contribution in [-0.4, -0.2) is 19.2 Å². The average Bonchev–Trinajstić information content (AvgIpc) is 2.59. The van der Waals surface area contributed by atoms with Crippen molar-refractivity contribution in [2.24, 2.45) is 0 Å². The molecule has 0 heterocycles. The van der Waals surface area contributed by atoms with E-state index in [-0.39, 0.29) is 19.0 Å². The van der Waals surface area contributed by atoms with Gasteiger partial charge < -0.3 is 13.7 Å². The van der Waals surface area contributed by atoms with Crippen LogP contribution in [0.15, 0.2) is 72.1 Å². The molecule has 4 nitrogen and oxygen atoms in total. The first kappa shape index (κ1) is 17.0. The van der Waals surface area contributed by atoms with Gasteiger partial charge in [-0.2, -0.15) is 0 Å². The number of rotatable bonds is 9. The van der Waals surface area contributed by atoms with Gasteiger partial charge in [0.15, 0.2) is 0 Å². The maximum atomic E-state index is 11.1. The molecule has 0 unspecified atom stereocenters. The Kier molecular flexibility index (Phi) is 7.07. The van der Waals surface area contributed by atoms with Crippen molar-refractivity contribution in [3.63, 3.8) is 0 Å². The van der Waals surface area contributed by atoms with Crippen LogP contribution in [0.2, 0.25) is 0 Å². The molecule has 0 saturated heterocycles. The molecule has 0 radical (unpaired) electrons. The predicted octanol–water partition coefficient (Wildman–Crippen LogP) is 4.27. The minimum Gasteiger partial charge on any atom is -0.490 e. The van der Waals surface area contributed by atoms with Crippen LogP contribution in [-0.2, 0) is 9.53 Å². The fourth-order valence-electron chi connectivity index (χ4n) is 1.66. The summed E-state index contributed by atoms with van der Waals surface area (Å²) < 4.78 is 16.0. The molecule has 0 aliphatic rings. The van der Waals surface area contributed by atoms with Crippen LogP contribution < -0.4 is 8.92 Å². The highest BCUT2D eigenvalue weighted by Gasteiger charge is 2.01. The zero-order chi connectivity index (χ0) is 16.3. The van der Waals surface area contributed by atoms with E-state index in [1.165, 1.54) is 18.1 Å². The number of ether oxygens (including phenoxy) is 2. The van der Waals surface area contributed by atoms with Gasteiger partial charge in [0.05, 0.1) is 18.5 Å². The monoisotopic (exact) mass is 330 g/mol. The molecule has 0 fully saturated rings. The van der Waals surface area contributed by atoms with Crippen molar-refractivity contribution in [1.29, 1.82) is 0 Å². The molecule has 0 atom stereocenters. The Morgan fingerprint density at radius 3 is 2.43 bits per heavy atom. The molecule has 2 rings (SSSR count). The average molecular weight is 330 g/mol. The maximum absolute atomic E-state index is 11.1. The molecule has 2 aromatic carbocycles. The first-order valence-corrected chi connectivity index (χ1v) is 7.91. The maximum Gasteiger partial charge on any atom is 0.309 e. The van der Waals surface area contributed by atoms with Crippen LogP contribution in [0.25, 0.3) is 0 Å². The van der Waals surface area contributed by atoms with Gasteiger partial charge in [-0.25, -0.2) is 0 Å². The molecule has 0 spiro atoms. The second kappa shape index (κ2) is 9.58. The summed E-state index contributed by atoms with van der Waals surface area (Å²) in [6, 6.07) is 17.1. The highest BCUT2D eigenvalue weighted by atomic mass is 32.2. The summed E-state index contributed by atoms with van der Waals surface area (Å²) in [6.45, 7) is 4.01. The number of hydrogen-bond donors (Lipinski definition) is 0. The highest BCUT2D eigenvalue weighted by Crippen LogP contribution is 2.24. The molecule has 120 valence electrons. The summed E-state index contributed by atoms with van der Waals surface area (Å²) in [4.78, 5) is 12.1. The van der Waals surface area contributed by atoms with Gasteiger partial charge in [0, 0.05) is 4.90 Å². The van der Waals surface area contributed by atoms with Gasteiger partial charge in [0.2, 0.25) is 0 Å². The number of carbonyl (C=O) groups is 1. The lowest BCUT2D eigenvalue weighted by Gasteiger charge is -2.08. The Labute approximate surface area is 140 Å². The van der Waals surface area contributed by atoms with Gasteiger partial charge in [-0.05, 0) is 36.4 Å². The summed E-state index contributed by atoms with van der Waals surface area (Å²) in [5.74, 6) is 1.22. The van der Waals surface area contributed by atoms with Crippen molar-refractivity contribution in [2.45, 2.75) is 11.3 Å². The molecule has 2 aromatic rings. The lowest BCUT2D eigenvalue weighted by Crippen LogP contribution is -2.11. The first-order valence-electron chi connectivity index (χ1n) is 7.17. The van der Waals surface area contributed by atoms with Gasteiger partial charge >= 0.3 is 5.97 Å². The molecule has 0 amide bonds. The van der Waals surface area contributed by atoms with E-state index < -0.39 is 0 Å². The van der Waals surface area contributed by atoms with Crippen LogP contribution in [0.4, 0.5) is 0 Å². The fourth-order valence-corrected chi connectivity index (χ4v) is 2.21. The van der Waals surface area contributed by atoms with Gasteiger partial charge in [-0.1, -0.05) is 24.3 Å². The Morgan fingerprint density at radius 1 is 1.00 bits per heavy atom. The molecule has 0 aromatic heterocycles.